The molecule has 1 aromatic rings. The molecule has 1 rings (SSSR count). The highest BCUT2D eigenvalue weighted by Crippen LogP contribution is 2.16. The third kappa shape index (κ3) is 6.40. The number of amides is 2. The molecule has 2 amide bonds. The van der Waals surface area contributed by atoms with E-state index < -0.39 is 5.60 Å². The summed E-state index contributed by atoms with van der Waals surface area (Å²) in [6.07, 6.45) is 1.53. The predicted octanol–water partition coefficient (Wildman–Crippen LogP) is 2.31. The summed E-state index contributed by atoms with van der Waals surface area (Å²) in [6.45, 7) is 6.11. The third-order valence-corrected chi connectivity index (χ3v) is 3.67. The average Bonchev–Trinajstić information content (AvgIpc) is 2.50. The Kier molecular flexibility index (Phi) is 6.76. The highest BCUT2D eigenvalue weighted by molar-refractivity contribution is 5.99. The van der Waals surface area contributed by atoms with Gasteiger partial charge < -0.3 is 15.3 Å². The lowest BCUT2D eigenvalue weighted by Gasteiger charge is -2.24. The molecule has 0 fully saturated rings. The van der Waals surface area contributed by atoms with Gasteiger partial charge in [0, 0.05) is 31.8 Å². The monoisotopic (exact) mass is 320 g/mol. The maximum absolute atomic E-state index is 12.2. The first-order valence-electron chi connectivity index (χ1n) is 7.94. The van der Waals surface area contributed by atoms with Crippen LogP contribution in [0, 0.1) is 5.92 Å². The van der Waals surface area contributed by atoms with Crippen molar-refractivity contribution in [3.63, 3.8) is 0 Å². The minimum absolute atomic E-state index is 0.149. The molecule has 0 spiro atoms. The average molecular weight is 320 g/mol. The van der Waals surface area contributed by atoms with Gasteiger partial charge in [0.05, 0.1) is 5.60 Å². The predicted molar refractivity (Wildman–Crippen MR) is 91.5 cm³/mol. The number of carbonyl (C=O) groups excluding carboxylic acids is 2. The van der Waals surface area contributed by atoms with Gasteiger partial charge in [-0.15, -0.1) is 0 Å². The first-order chi connectivity index (χ1) is 10.6. The lowest BCUT2D eigenvalue weighted by molar-refractivity contribution is 0.0429. The number of hydrogen-bond donors (Lipinski definition) is 2. The van der Waals surface area contributed by atoms with E-state index in [1.165, 1.54) is 4.90 Å². The normalized spacial score (nSPS) is 13.5. The molecule has 0 saturated carbocycles. The fourth-order valence-electron chi connectivity index (χ4n) is 2.11. The smallest absolute Gasteiger partial charge is 0.253 e. The molecule has 0 aliphatic heterocycles. The van der Waals surface area contributed by atoms with Crippen molar-refractivity contribution >= 4 is 11.8 Å². The van der Waals surface area contributed by atoms with Crippen molar-refractivity contribution in [1.29, 1.82) is 0 Å². The second-order valence-corrected chi connectivity index (χ2v) is 6.89. The van der Waals surface area contributed by atoms with Crippen molar-refractivity contribution in [3.8, 4) is 0 Å². The largest absolute Gasteiger partial charge is 0.388 e. The summed E-state index contributed by atoms with van der Waals surface area (Å²) in [6, 6.07) is 6.59. The summed E-state index contributed by atoms with van der Waals surface area (Å²) in [4.78, 5) is 25.6. The Hall–Kier alpha value is -1.88. The second kappa shape index (κ2) is 8.11. The zero-order valence-electron chi connectivity index (χ0n) is 14.7. The quantitative estimate of drug-likeness (QED) is 0.810. The van der Waals surface area contributed by atoms with E-state index >= 15 is 0 Å². The molecule has 23 heavy (non-hydrogen) atoms. The van der Waals surface area contributed by atoms with Crippen LogP contribution >= 0.6 is 0 Å². The maximum atomic E-state index is 12.2. The Balaban J connectivity index is 2.68. The van der Waals surface area contributed by atoms with Gasteiger partial charge in [-0.2, -0.15) is 0 Å². The summed E-state index contributed by atoms with van der Waals surface area (Å²) >= 11 is 0. The van der Waals surface area contributed by atoms with Crippen LogP contribution in [0.15, 0.2) is 24.3 Å². The Morgan fingerprint density at radius 3 is 2.43 bits per heavy atom. The van der Waals surface area contributed by atoms with Gasteiger partial charge in [0.1, 0.15) is 0 Å². The standard InChI is InChI=1S/C18H28N2O3/c1-13(2)9-10-18(3,23)12-19-16(21)14-7-6-8-15(11-14)17(22)20(4)5/h6-8,11,13,23H,9-10,12H2,1-5H3,(H,19,21). The van der Waals surface area contributed by atoms with Crippen LogP contribution < -0.4 is 5.32 Å². The van der Waals surface area contributed by atoms with E-state index in [4.69, 9.17) is 0 Å². The van der Waals surface area contributed by atoms with Crippen LogP contribution in [0.2, 0.25) is 0 Å². The maximum Gasteiger partial charge on any atom is 0.253 e. The van der Waals surface area contributed by atoms with Gasteiger partial charge in [-0.25, -0.2) is 0 Å². The van der Waals surface area contributed by atoms with E-state index in [-0.39, 0.29) is 18.4 Å². The number of carbonyl (C=O) groups is 2. The fourth-order valence-corrected chi connectivity index (χ4v) is 2.11. The molecule has 0 aliphatic rings. The lowest BCUT2D eigenvalue weighted by atomic mass is 9.95. The topological polar surface area (TPSA) is 69.6 Å². The van der Waals surface area contributed by atoms with Crippen LogP contribution in [0.5, 0.6) is 0 Å². The Morgan fingerprint density at radius 1 is 1.26 bits per heavy atom. The van der Waals surface area contributed by atoms with Gasteiger partial charge in [-0.1, -0.05) is 19.9 Å². The summed E-state index contributed by atoms with van der Waals surface area (Å²) < 4.78 is 0. The molecular formula is C18H28N2O3. The highest BCUT2D eigenvalue weighted by atomic mass is 16.3. The Labute approximate surface area is 138 Å². The van der Waals surface area contributed by atoms with Gasteiger partial charge >= 0.3 is 0 Å². The van der Waals surface area contributed by atoms with Crippen molar-refractivity contribution in [2.24, 2.45) is 5.92 Å². The van der Waals surface area contributed by atoms with Crippen LogP contribution in [-0.4, -0.2) is 48.1 Å². The Bertz CT molecular complexity index is 551. The van der Waals surface area contributed by atoms with Gasteiger partial charge in [0.2, 0.25) is 0 Å². The molecule has 128 valence electrons. The zero-order chi connectivity index (χ0) is 17.6. The van der Waals surface area contributed by atoms with E-state index in [1.807, 2.05) is 0 Å². The number of nitrogens with one attached hydrogen (secondary N) is 1. The van der Waals surface area contributed by atoms with Crippen LogP contribution in [-0.2, 0) is 0 Å². The lowest BCUT2D eigenvalue weighted by Crippen LogP contribution is -2.40. The fraction of sp³-hybridized carbons (Fsp3) is 0.556. The van der Waals surface area contributed by atoms with Crippen LogP contribution in [0.25, 0.3) is 0 Å². The van der Waals surface area contributed by atoms with Gasteiger partial charge in [0.25, 0.3) is 11.8 Å². The summed E-state index contributed by atoms with van der Waals surface area (Å²) in [5.74, 6) is 0.0673. The minimum Gasteiger partial charge on any atom is -0.388 e. The molecule has 0 aromatic heterocycles. The van der Waals surface area contributed by atoms with E-state index in [9.17, 15) is 14.7 Å². The molecule has 5 nitrogen and oxygen atoms in total. The number of rotatable bonds is 7. The molecule has 1 unspecified atom stereocenters. The van der Waals surface area contributed by atoms with Gasteiger partial charge in [-0.05, 0) is 43.9 Å². The number of nitrogens with zero attached hydrogens (tertiary/aromatic N) is 1. The zero-order valence-corrected chi connectivity index (χ0v) is 14.7. The number of benzene rings is 1. The summed E-state index contributed by atoms with van der Waals surface area (Å²) in [5.41, 5.74) is -0.0524. The number of hydrogen-bond acceptors (Lipinski definition) is 3. The second-order valence-electron chi connectivity index (χ2n) is 6.89. The van der Waals surface area contributed by atoms with Crippen molar-refractivity contribution in [1.82, 2.24) is 10.2 Å². The van der Waals surface area contributed by atoms with Crippen LogP contribution in [0.1, 0.15) is 54.3 Å². The minimum atomic E-state index is -0.934. The molecular weight excluding hydrogens is 292 g/mol. The first kappa shape index (κ1) is 19.2. The van der Waals surface area contributed by atoms with E-state index in [2.05, 4.69) is 19.2 Å². The van der Waals surface area contributed by atoms with Crippen molar-refractivity contribution in [2.45, 2.75) is 39.2 Å². The van der Waals surface area contributed by atoms with Crippen LogP contribution in [0.3, 0.4) is 0 Å². The summed E-state index contributed by atoms with van der Waals surface area (Å²) in [5, 5.41) is 13.0. The van der Waals surface area contributed by atoms with Gasteiger partial charge in [0.15, 0.2) is 0 Å². The van der Waals surface area contributed by atoms with Crippen molar-refractivity contribution in [2.75, 3.05) is 20.6 Å². The molecule has 0 heterocycles. The molecule has 1 aromatic carbocycles. The molecule has 0 bridgehead atoms. The van der Waals surface area contributed by atoms with Gasteiger partial charge in [-0.3, -0.25) is 9.59 Å². The summed E-state index contributed by atoms with van der Waals surface area (Å²) in [7, 11) is 3.34. The van der Waals surface area contributed by atoms with Crippen molar-refractivity contribution in [3.05, 3.63) is 35.4 Å². The van der Waals surface area contributed by atoms with E-state index in [1.54, 1.807) is 45.3 Å². The van der Waals surface area contributed by atoms with Crippen LogP contribution in [0.4, 0.5) is 0 Å². The van der Waals surface area contributed by atoms with E-state index in [0.717, 1.165) is 6.42 Å². The Morgan fingerprint density at radius 2 is 1.87 bits per heavy atom. The molecule has 5 heteroatoms. The SMILES string of the molecule is CC(C)CCC(C)(O)CNC(=O)c1cccc(C(=O)N(C)C)c1. The molecule has 0 saturated heterocycles. The molecule has 0 radical (unpaired) electrons. The number of aliphatic hydroxyl groups is 1. The van der Waals surface area contributed by atoms with E-state index in [0.29, 0.717) is 23.5 Å². The third-order valence-electron chi connectivity index (χ3n) is 3.67. The first-order valence-corrected chi connectivity index (χ1v) is 7.94. The molecule has 0 aliphatic carbocycles. The molecule has 2 N–H and O–H groups in total. The highest BCUT2D eigenvalue weighted by Gasteiger charge is 2.22. The van der Waals surface area contributed by atoms with Crippen molar-refractivity contribution < 1.29 is 14.7 Å². The molecule has 1 atom stereocenters.